The largest absolute Gasteiger partial charge is 0.493 e. The molecule has 1 amide bonds. The fourth-order valence-corrected chi connectivity index (χ4v) is 3.73. The molecule has 3 rings (SSSR count). The van der Waals surface area contributed by atoms with Gasteiger partial charge in [-0.1, -0.05) is 25.1 Å². The van der Waals surface area contributed by atoms with Crippen molar-refractivity contribution in [3.8, 4) is 11.5 Å². The summed E-state index contributed by atoms with van der Waals surface area (Å²) >= 11 is 0. The molecule has 1 heterocycles. The maximum atomic E-state index is 12.5. The molecule has 0 bridgehead atoms. The standard InChI is InChI=1S/C23H30N2O3/c1-17-5-4-12-25(15-17)16-18-6-9-20(10-7-18)23(26)24-14-19-8-11-21(27-2)22(13-19)28-3/h6-11,13,17H,4-5,12,14-16H2,1-3H3,(H,24,26)/t17-/m0/s1. The van der Waals surface area contributed by atoms with Gasteiger partial charge in [-0.05, 0) is 60.7 Å². The van der Waals surface area contributed by atoms with E-state index in [4.69, 9.17) is 9.47 Å². The number of carbonyl (C=O) groups excluding carboxylic acids is 1. The predicted molar refractivity (Wildman–Crippen MR) is 111 cm³/mol. The van der Waals surface area contributed by atoms with Crippen LogP contribution >= 0.6 is 0 Å². The minimum absolute atomic E-state index is 0.0760. The maximum absolute atomic E-state index is 12.5. The average Bonchev–Trinajstić information content (AvgIpc) is 2.72. The minimum atomic E-state index is -0.0760. The van der Waals surface area contributed by atoms with Crippen LogP contribution < -0.4 is 14.8 Å². The highest BCUT2D eigenvalue weighted by Crippen LogP contribution is 2.27. The normalized spacial score (nSPS) is 17.2. The highest BCUT2D eigenvalue weighted by Gasteiger charge is 2.16. The van der Waals surface area contributed by atoms with Gasteiger partial charge in [0.2, 0.25) is 0 Å². The second-order valence-corrected chi connectivity index (χ2v) is 7.55. The van der Waals surface area contributed by atoms with Gasteiger partial charge in [-0.15, -0.1) is 0 Å². The third-order valence-corrected chi connectivity index (χ3v) is 5.26. The number of nitrogens with one attached hydrogen (secondary N) is 1. The van der Waals surface area contributed by atoms with E-state index in [2.05, 4.69) is 29.3 Å². The molecule has 5 nitrogen and oxygen atoms in total. The summed E-state index contributed by atoms with van der Waals surface area (Å²) in [6.07, 6.45) is 2.60. The number of carbonyl (C=O) groups is 1. The molecule has 2 aromatic rings. The Hall–Kier alpha value is -2.53. The fraction of sp³-hybridized carbons (Fsp3) is 0.435. The summed E-state index contributed by atoms with van der Waals surface area (Å²) in [6.45, 7) is 6.04. The Kier molecular flexibility index (Phi) is 6.93. The number of hydrogen-bond acceptors (Lipinski definition) is 4. The van der Waals surface area contributed by atoms with Gasteiger partial charge in [-0.3, -0.25) is 9.69 Å². The molecule has 1 aliphatic heterocycles. The summed E-state index contributed by atoms with van der Waals surface area (Å²) in [5.74, 6) is 2.03. The van der Waals surface area contributed by atoms with Crippen LogP contribution in [0.25, 0.3) is 0 Å². The fourth-order valence-electron chi connectivity index (χ4n) is 3.73. The van der Waals surface area contributed by atoms with Crippen molar-refractivity contribution in [1.82, 2.24) is 10.2 Å². The molecule has 0 aromatic heterocycles. The minimum Gasteiger partial charge on any atom is -0.493 e. The van der Waals surface area contributed by atoms with E-state index in [-0.39, 0.29) is 5.91 Å². The smallest absolute Gasteiger partial charge is 0.251 e. The van der Waals surface area contributed by atoms with Gasteiger partial charge in [0.25, 0.3) is 5.91 Å². The van der Waals surface area contributed by atoms with E-state index >= 15 is 0 Å². The highest BCUT2D eigenvalue weighted by atomic mass is 16.5. The summed E-state index contributed by atoms with van der Waals surface area (Å²) in [6, 6.07) is 13.6. The topological polar surface area (TPSA) is 50.8 Å². The van der Waals surface area contributed by atoms with E-state index in [1.807, 2.05) is 30.3 Å². The molecule has 1 N–H and O–H groups in total. The molecule has 0 saturated carbocycles. The van der Waals surface area contributed by atoms with Gasteiger partial charge < -0.3 is 14.8 Å². The Bertz CT molecular complexity index is 789. The van der Waals surface area contributed by atoms with E-state index in [0.717, 1.165) is 31.1 Å². The second kappa shape index (κ2) is 9.60. The number of rotatable bonds is 7. The third-order valence-electron chi connectivity index (χ3n) is 5.26. The second-order valence-electron chi connectivity index (χ2n) is 7.55. The molecular weight excluding hydrogens is 352 g/mol. The Morgan fingerprint density at radius 1 is 1.07 bits per heavy atom. The van der Waals surface area contributed by atoms with Crippen LogP contribution in [0.5, 0.6) is 11.5 Å². The molecule has 1 aliphatic rings. The zero-order valence-electron chi connectivity index (χ0n) is 17.0. The third kappa shape index (κ3) is 5.26. The molecule has 0 aliphatic carbocycles. The summed E-state index contributed by atoms with van der Waals surface area (Å²) in [5.41, 5.74) is 2.89. The number of ether oxygens (including phenoxy) is 2. The molecule has 0 spiro atoms. The lowest BCUT2D eigenvalue weighted by atomic mass is 9.99. The summed E-state index contributed by atoms with van der Waals surface area (Å²) in [7, 11) is 3.21. The highest BCUT2D eigenvalue weighted by molar-refractivity contribution is 5.94. The lowest BCUT2D eigenvalue weighted by molar-refractivity contribution is 0.0951. The first-order valence-electron chi connectivity index (χ1n) is 9.89. The Morgan fingerprint density at radius 3 is 2.46 bits per heavy atom. The number of nitrogens with zero attached hydrogens (tertiary/aromatic N) is 1. The van der Waals surface area contributed by atoms with E-state index in [9.17, 15) is 4.79 Å². The van der Waals surface area contributed by atoms with E-state index < -0.39 is 0 Å². The first-order chi connectivity index (χ1) is 13.6. The van der Waals surface area contributed by atoms with Crippen molar-refractivity contribution in [1.29, 1.82) is 0 Å². The lowest BCUT2D eigenvalue weighted by Crippen LogP contribution is -2.33. The van der Waals surface area contributed by atoms with Gasteiger partial charge in [0.05, 0.1) is 14.2 Å². The first-order valence-corrected chi connectivity index (χ1v) is 9.89. The van der Waals surface area contributed by atoms with Crippen LogP contribution in [0.1, 0.15) is 41.3 Å². The van der Waals surface area contributed by atoms with Crippen molar-refractivity contribution in [3.63, 3.8) is 0 Å². The van der Waals surface area contributed by atoms with Gasteiger partial charge in [0.1, 0.15) is 0 Å². The van der Waals surface area contributed by atoms with Gasteiger partial charge in [-0.2, -0.15) is 0 Å². The number of likely N-dealkylation sites (tertiary alicyclic amines) is 1. The van der Waals surface area contributed by atoms with Crippen molar-refractivity contribution < 1.29 is 14.3 Å². The molecule has 5 heteroatoms. The Labute approximate surface area is 167 Å². The molecule has 0 radical (unpaired) electrons. The first kappa shape index (κ1) is 20.2. The van der Waals surface area contributed by atoms with Crippen LogP contribution in [0.3, 0.4) is 0 Å². The zero-order valence-corrected chi connectivity index (χ0v) is 17.0. The zero-order chi connectivity index (χ0) is 19.9. The lowest BCUT2D eigenvalue weighted by Gasteiger charge is -2.30. The number of amides is 1. The van der Waals surface area contributed by atoms with Crippen LogP contribution in [0.4, 0.5) is 0 Å². The van der Waals surface area contributed by atoms with Crippen molar-refractivity contribution in [3.05, 3.63) is 59.2 Å². The number of piperidine rings is 1. The number of benzene rings is 2. The number of methoxy groups -OCH3 is 2. The Balaban J connectivity index is 1.54. The Morgan fingerprint density at radius 2 is 1.79 bits per heavy atom. The van der Waals surface area contributed by atoms with E-state index in [1.165, 1.54) is 18.4 Å². The SMILES string of the molecule is COc1ccc(CNC(=O)c2ccc(CN3CCC[C@H](C)C3)cc2)cc1OC. The van der Waals surface area contributed by atoms with E-state index in [1.54, 1.807) is 14.2 Å². The van der Waals surface area contributed by atoms with Gasteiger partial charge >= 0.3 is 0 Å². The van der Waals surface area contributed by atoms with Crippen molar-refractivity contribution in [2.24, 2.45) is 5.92 Å². The van der Waals surface area contributed by atoms with Crippen LogP contribution in [0, 0.1) is 5.92 Å². The number of hydrogen-bond donors (Lipinski definition) is 1. The van der Waals surface area contributed by atoms with Gasteiger partial charge in [0, 0.05) is 25.2 Å². The van der Waals surface area contributed by atoms with E-state index in [0.29, 0.717) is 23.6 Å². The molecule has 2 aromatic carbocycles. The van der Waals surface area contributed by atoms with Crippen molar-refractivity contribution in [2.75, 3.05) is 27.3 Å². The van der Waals surface area contributed by atoms with Crippen LogP contribution in [0.2, 0.25) is 0 Å². The van der Waals surface area contributed by atoms with Crippen molar-refractivity contribution in [2.45, 2.75) is 32.9 Å². The van der Waals surface area contributed by atoms with Crippen LogP contribution in [-0.2, 0) is 13.1 Å². The maximum Gasteiger partial charge on any atom is 0.251 e. The molecule has 1 saturated heterocycles. The summed E-state index contributed by atoms with van der Waals surface area (Å²) < 4.78 is 10.6. The van der Waals surface area contributed by atoms with Gasteiger partial charge in [-0.25, -0.2) is 0 Å². The van der Waals surface area contributed by atoms with Crippen molar-refractivity contribution >= 4 is 5.91 Å². The average molecular weight is 383 g/mol. The van der Waals surface area contributed by atoms with Crippen LogP contribution in [-0.4, -0.2) is 38.1 Å². The van der Waals surface area contributed by atoms with Crippen LogP contribution in [0.15, 0.2) is 42.5 Å². The molecular formula is C23H30N2O3. The quantitative estimate of drug-likeness (QED) is 0.790. The van der Waals surface area contributed by atoms with Gasteiger partial charge in [0.15, 0.2) is 11.5 Å². The molecule has 0 unspecified atom stereocenters. The summed E-state index contributed by atoms with van der Waals surface area (Å²) in [4.78, 5) is 15.0. The summed E-state index contributed by atoms with van der Waals surface area (Å²) in [5, 5.41) is 2.96. The molecule has 1 fully saturated rings. The monoisotopic (exact) mass is 382 g/mol. The molecule has 1 atom stereocenters. The predicted octanol–water partition coefficient (Wildman–Crippen LogP) is 3.87. The molecule has 28 heavy (non-hydrogen) atoms. The molecule has 150 valence electrons.